The number of rotatable bonds is 5. The third-order valence-corrected chi connectivity index (χ3v) is 2.60. The number of amides is 1. The summed E-state index contributed by atoms with van der Waals surface area (Å²) in [6, 6.07) is 2.06. The van der Waals surface area contributed by atoms with Crippen molar-refractivity contribution in [2.45, 2.75) is 46.3 Å². The summed E-state index contributed by atoms with van der Waals surface area (Å²) in [6.07, 6.45) is 4.04. The van der Waals surface area contributed by atoms with Crippen LogP contribution in [0.3, 0.4) is 0 Å². The van der Waals surface area contributed by atoms with Crippen molar-refractivity contribution >= 4 is 5.91 Å². The quantitative estimate of drug-likeness (QED) is 0.815. The summed E-state index contributed by atoms with van der Waals surface area (Å²) < 4.78 is 2.01. The lowest BCUT2D eigenvalue weighted by Crippen LogP contribution is -2.34. The molecule has 1 rings (SSSR count). The summed E-state index contributed by atoms with van der Waals surface area (Å²) in [5.41, 5.74) is 6.57. The molecule has 0 radical (unpaired) electrons. The zero-order chi connectivity index (χ0) is 13.1. The Hall–Kier alpha value is -1.29. The predicted molar refractivity (Wildman–Crippen MR) is 69.4 cm³/mol. The Labute approximate surface area is 103 Å². The first kappa shape index (κ1) is 13.8. The highest BCUT2D eigenvalue weighted by atomic mass is 16.1. The fraction of sp³-hybridized carbons (Fsp3) is 0.615. The van der Waals surface area contributed by atoms with Gasteiger partial charge in [-0.2, -0.15) is 0 Å². The molecule has 1 aromatic rings. The van der Waals surface area contributed by atoms with Crippen molar-refractivity contribution in [1.29, 1.82) is 0 Å². The second kappa shape index (κ2) is 5.36. The average Bonchev–Trinajstić information content (AvgIpc) is 2.61. The van der Waals surface area contributed by atoms with Gasteiger partial charge in [-0.15, -0.1) is 0 Å². The van der Waals surface area contributed by atoms with Gasteiger partial charge >= 0.3 is 0 Å². The van der Waals surface area contributed by atoms with Gasteiger partial charge in [0.05, 0.1) is 5.92 Å². The van der Waals surface area contributed by atoms with Crippen LogP contribution in [0.1, 0.15) is 33.3 Å². The van der Waals surface area contributed by atoms with Crippen molar-refractivity contribution in [3.05, 3.63) is 24.0 Å². The standard InChI is InChI=1S/C13H23N3O/c1-10(12(14)17)8-16-6-5-11(9-16)7-15-13(2,3)4/h5-6,9-10,15H,7-8H2,1-4H3,(H2,14,17). The molecular formula is C13H23N3O. The molecule has 0 saturated heterocycles. The molecule has 96 valence electrons. The lowest BCUT2D eigenvalue weighted by Gasteiger charge is -2.19. The molecule has 4 heteroatoms. The van der Waals surface area contributed by atoms with Crippen LogP contribution in [0.4, 0.5) is 0 Å². The number of carbonyl (C=O) groups excluding carboxylic acids is 1. The monoisotopic (exact) mass is 237 g/mol. The summed E-state index contributed by atoms with van der Waals surface area (Å²) in [5, 5.41) is 3.42. The number of nitrogens with zero attached hydrogens (tertiary/aromatic N) is 1. The number of primary amides is 1. The highest BCUT2D eigenvalue weighted by molar-refractivity contribution is 5.76. The topological polar surface area (TPSA) is 60.1 Å². The van der Waals surface area contributed by atoms with Crippen molar-refractivity contribution < 1.29 is 4.79 Å². The number of carbonyl (C=O) groups is 1. The Balaban J connectivity index is 2.51. The van der Waals surface area contributed by atoms with Crippen LogP contribution in [-0.4, -0.2) is 16.0 Å². The Morgan fingerprint density at radius 1 is 1.53 bits per heavy atom. The highest BCUT2D eigenvalue weighted by Crippen LogP contribution is 2.07. The van der Waals surface area contributed by atoms with Crippen LogP contribution in [0, 0.1) is 5.92 Å². The van der Waals surface area contributed by atoms with E-state index in [1.807, 2.05) is 17.7 Å². The number of nitrogens with two attached hydrogens (primary N) is 1. The fourth-order valence-corrected chi connectivity index (χ4v) is 1.48. The van der Waals surface area contributed by atoms with Gasteiger partial charge in [-0.05, 0) is 32.4 Å². The second-order valence-electron chi connectivity index (χ2n) is 5.62. The van der Waals surface area contributed by atoms with E-state index in [-0.39, 0.29) is 17.4 Å². The SMILES string of the molecule is CC(Cn1ccc(CNC(C)(C)C)c1)C(N)=O. The summed E-state index contributed by atoms with van der Waals surface area (Å²) in [5.74, 6) is -0.390. The summed E-state index contributed by atoms with van der Waals surface area (Å²) in [7, 11) is 0. The molecule has 0 aliphatic carbocycles. The van der Waals surface area contributed by atoms with Gasteiger partial charge in [-0.1, -0.05) is 6.92 Å². The minimum Gasteiger partial charge on any atom is -0.369 e. The van der Waals surface area contributed by atoms with Crippen LogP contribution in [0.2, 0.25) is 0 Å². The van der Waals surface area contributed by atoms with Crippen molar-refractivity contribution in [1.82, 2.24) is 9.88 Å². The fourth-order valence-electron chi connectivity index (χ4n) is 1.48. The molecule has 0 saturated carbocycles. The zero-order valence-electron chi connectivity index (χ0n) is 11.2. The summed E-state index contributed by atoms with van der Waals surface area (Å²) >= 11 is 0. The van der Waals surface area contributed by atoms with Crippen molar-refractivity contribution in [3.8, 4) is 0 Å². The van der Waals surface area contributed by atoms with E-state index in [4.69, 9.17) is 5.73 Å². The van der Waals surface area contributed by atoms with E-state index >= 15 is 0 Å². The molecule has 0 aromatic carbocycles. The largest absolute Gasteiger partial charge is 0.369 e. The Bertz CT molecular complexity index is 376. The number of hydrogen-bond donors (Lipinski definition) is 2. The van der Waals surface area contributed by atoms with Gasteiger partial charge in [0.15, 0.2) is 0 Å². The molecule has 1 aromatic heterocycles. The third-order valence-electron chi connectivity index (χ3n) is 2.60. The lowest BCUT2D eigenvalue weighted by molar-refractivity contribution is -0.121. The van der Waals surface area contributed by atoms with Gasteiger partial charge < -0.3 is 15.6 Å². The maximum Gasteiger partial charge on any atom is 0.222 e. The molecule has 1 unspecified atom stereocenters. The molecule has 0 aliphatic heterocycles. The Morgan fingerprint density at radius 2 is 2.18 bits per heavy atom. The van der Waals surface area contributed by atoms with Gasteiger partial charge in [0.2, 0.25) is 5.91 Å². The predicted octanol–water partition coefficient (Wildman–Crippen LogP) is 1.50. The smallest absolute Gasteiger partial charge is 0.222 e. The molecule has 1 atom stereocenters. The maximum atomic E-state index is 11.0. The number of hydrogen-bond acceptors (Lipinski definition) is 2. The van der Waals surface area contributed by atoms with E-state index in [2.05, 4.69) is 38.4 Å². The van der Waals surface area contributed by atoms with Crippen LogP contribution < -0.4 is 11.1 Å². The van der Waals surface area contributed by atoms with Crippen LogP contribution >= 0.6 is 0 Å². The molecule has 0 aliphatic rings. The van der Waals surface area contributed by atoms with Crippen LogP contribution in [0.25, 0.3) is 0 Å². The van der Waals surface area contributed by atoms with Crippen molar-refractivity contribution in [3.63, 3.8) is 0 Å². The molecule has 1 heterocycles. The normalized spacial score (nSPS) is 13.6. The summed E-state index contributed by atoms with van der Waals surface area (Å²) in [6.45, 7) is 9.74. The first-order chi connectivity index (χ1) is 7.78. The first-order valence-corrected chi connectivity index (χ1v) is 5.97. The molecular weight excluding hydrogens is 214 g/mol. The zero-order valence-corrected chi connectivity index (χ0v) is 11.2. The van der Waals surface area contributed by atoms with Crippen LogP contribution in [0.5, 0.6) is 0 Å². The molecule has 4 nitrogen and oxygen atoms in total. The molecule has 0 fully saturated rings. The van der Waals surface area contributed by atoms with E-state index in [9.17, 15) is 4.79 Å². The number of aromatic nitrogens is 1. The average molecular weight is 237 g/mol. The van der Waals surface area contributed by atoms with Gasteiger partial charge in [-0.25, -0.2) is 0 Å². The maximum absolute atomic E-state index is 11.0. The van der Waals surface area contributed by atoms with Crippen molar-refractivity contribution in [2.75, 3.05) is 0 Å². The second-order valence-corrected chi connectivity index (χ2v) is 5.62. The summed E-state index contributed by atoms with van der Waals surface area (Å²) in [4.78, 5) is 11.0. The van der Waals surface area contributed by atoms with E-state index in [1.54, 1.807) is 0 Å². The van der Waals surface area contributed by atoms with E-state index in [0.717, 1.165) is 6.54 Å². The minimum atomic E-state index is -0.256. The van der Waals surface area contributed by atoms with Gasteiger partial charge in [0.25, 0.3) is 0 Å². The van der Waals surface area contributed by atoms with Crippen LogP contribution in [0.15, 0.2) is 18.5 Å². The van der Waals surface area contributed by atoms with Gasteiger partial charge in [0, 0.05) is 31.0 Å². The molecule has 3 N–H and O–H groups in total. The molecule has 0 spiro atoms. The van der Waals surface area contributed by atoms with Crippen molar-refractivity contribution in [2.24, 2.45) is 11.7 Å². The van der Waals surface area contributed by atoms with Crippen LogP contribution in [-0.2, 0) is 17.9 Å². The number of nitrogens with one attached hydrogen (secondary N) is 1. The Morgan fingerprint density at radius 3 is 2.71 bits per heavy atom. The lowest BCUT2D eigenvalue weighted by atomic mass is 10.1. The first-order valence-electron chi connectivity index (χ1n) is 5.97. The Kier molecular flexibility index (Phi) is 4.34. The highest BCUT2D eigenvalue weighted by Gasteiger charge is 2.11. The van der Waals surface area contributed by atoms with Gasteiger partial charge in [0.1, 0.15) is 0 Å². The third kappa shape index (κ3) is 5.04. The molecule has 1 amide bonds. The molecule has 17 heavy (non-hydrogen) atoms. The van der Waals surface area contributed by atoms with E-state index in [1.165, 1.54) is 5.56 Å². The van der Waals surface area contributed by atoms with E-state index in [0.29, 0.717) is 6.54 Å². The van der Waals surface area contributed by atoms with Gasteiger partial charge in [-0.3, -0.25) is 4.79 Å². The van der Waals surface area contributed by atoms with E-state index < -0.39 is 0 Å². The minimum absolute atomic E-state index is 0.114. The molecule has 0 bridgehead atoms.